The largest absolute Gasteiger partial charge is 0.370 e. The van der Waals surface area contributed by atoms with E-state index in [-0.39, 0.29) is 5.54 Å². The summed E-state index contributed by atoms with van der Waals surface area (Å²) in [6.45, 7) is 7.77. The van der Waals surface area contributed by atoms with Crippen LogP contribution in [0.15, 0.2) is 34.2 Å². The molecule has 1 unspecified atom stereocenters. The minimum absolute atomic E-state index is 0.315. The summed E-state index contributed by atoms with van der Waals surface area (Å²) in [5, 5.41) is 0. The summed E-state index contributed by atoms with van der Waals surface area (Å²) in [6.07, 6.45) is 1.21. The first-order chi connectivity index (χ1) is 9.64. The maximum Gasteiger partial charge on any atom is 0.192 e. The highest BCUT2D eigenvalue weighted by Gasteiger charge is 2.39. The summed E-state index contributed by atoms with van der Waals surface area (Å²) >= 11 is 0. The van der Waals surface area contributed by atoms with Gasteiger partial charge in [0.05, 0.1) is 17.0 Å². The smallest absolute Gasteiger partial charge is 0.192 e. The molecule has 0 fully saturated rings. The number of aliphatic imine (C=N–C) groups is 1. The number of hydrogen-bond acceptors (Lipinski definition) is 5. The molecule has 0 aromatic heterocycles. The molecule has 0 bridgehead atoms. The van der Waals surface area contributed by atoms with Crippen molar-refractivity contribution in [1.82, 2.24) is 4.90 Å². The molecule has 1 heterocycles. The van der Waals surface area contributed by atoms with Crippen molar-refractivity contribution in [2.24, 2.45) is 16.6 Å². The lowest BCUT2D eigenvalue weighted by Gasteiger charge is -2.37. The zero-order valence-electron chi connectivity index (χ0n) is 13.0. The molecular weight excluding hydrogens is 286 g/mol. The fourth-order valence-electron chi connectivity index (χ4n) is 2.63. The Kier molecular flexibility index (Phi) is 4.02. The Morgan fingerprint density at radius 1 is 1.33 bits per heavy atom. The third-order valence-corrected chi connectivity index (χ3v) is 5.00. The summed E-state index contributed by atoms with van der Waals surface area (Å²) in [6, 6.07) is 7.02. The molecule has 6 heteroatoms. The second-order valence-corrected chi connectivity index (χ2v) is 8.27. The molecule has 1 aromatic carbocycles. The van der Waals surface area contributed by atoms with Gasteiger partial charge in [0.1, 0.15) is 0 Å². The average molecular weight is 309 g/mol. The maximum absolute atomic E-state index is 11.6. The van der Waals surface area contributed by atoms with Gasteiger partial charge in [-0.1, -0.05) is 26.0 Å². The Morgan fingerprint density at radius 2 is 1.90 bits per heavy atom. The zero-order chi connectivity index (χ0) is 15.8. The summed E-state index contributed by atoms with van der Waals surface area (Å²) < 4.78 is 23.1. The lowest BCUT2D eigenvalue weighted by molar-refractivity contribution is 0.204. The van der Waals surface area contributed by atoms with Crippen LogP contribution in [0.5, 0.6) is 0 Å². The molecular formula is C15H23N3O2S. The first-order valence-corrected chi connectivity index (χ1v) is 8.92. The zero-order valence-corrected chi connectivity index (χ0v) is 13.8. The van der Waals surface area contributed by atoms with Crippen LogP contribution in [0.4, 0.5) is 0 Å². The van der Waals surface area contributed by atoms with Gasteiger partial charge in [0.15, 0.2) is 15.8 Å². The van der Waals surface area contributed by atoms with Crippen LogP contribution >= 0.6 is 0 Å². The molecule has 1 aromatic rings. The summed E-state index contributed by atoms with van der Waals surface area (Å²) in [5.74, 6) is 1.02. The van der Waals surface area contributed by atoms with Crippen LogP contribution in [0.2, 0.25) is 0 Å². The van der Waals surface area contributed by atoms with Crippen molar-refractivity contribution >= 4 is 15.8 Å². The third-order valence-electron chi connectivity index (χ3n) is 3.87. The Balaban J connectivity index is 2.35. The quantitative estimate of drug-likeness (QED) is 0.916. The van der Waals surface area contributed by atoms with Gasteiger partial charge >= 0.3 is 0 Å². The fourth-order valence-corrected chi connectivity index (χ4v) is 3.26. The minimum Gasteiger partial charge on any atom is -0.370 e. The van der Waals surface area contributed by atoms with Gasteiger partial charge in [0.2, 0.25) is 0 Å². The monoisotopic (exact) mass is 309 g/mol. The Labute approximate surface area is 126 Å². The van der Waals surface area contributed by atoms with E-state index in [2.05, 4.69) is 30.7 Å². The SMILES string of the molecule is CC(C)CN1C(N)=NCC1(C)c1ccc(S(C)(=O)=O)cc1. The first kappa shape index (κ1) is 15.8. The molecule has 0 spiro atoms. The highest BCUT2D eigenvalue weighted by molar-refractivity contribution is 7.90. The van der Waals surface area contributed by atoms with E-state index in [1.165, 1.54) is 6.26 Å². The van der Waals surface area contributed by atoms with Crippen molar-refractivity contribution in [3.05, 3.63) is 29.8 Å². The second kappa shape index (κ2) is 5.33. The molecule has 0 aliphatic carbocycles. The van der Waals surface area contributed by atoms with Crippen LogP contribution in [0.1, 0.15) is 26.3 Å². The van der Waals surface area contributed by atoms with Crippen LogP contribution in [-0.2, 0) is 15.4 Å². The number of sulfone groups is 1. The van der Waals surface area contributed by atoms with Crippen molar-refractivity contribution in [3.63, 3.8) is 0 Å². The molecule has 1 atom stereocenters. The highest BCUT2D eigenvalue weighted by Crippen LogP contribution is 2.33. The summed E-state index contributed by atoms with van der Waals surface area (Å²) in [7, 11) is -3.17. The van der Waals surface area contributed by atoms with Gasteiger partial charge in [-0.05, 0) is 30.5 Å². The van der Waals surface area contributed by atoms with Gasteiger partial charge in [0, 0.05) is 12.8 Å². The first-order valence-electron chi connectivity index (χ1n) is 7.03. The molecule has 0 saturated carbocycles. The number of hydrogen-bond donors (Lipinski definition) is 1. The van der Waals surface area contributed by atoms with E-state index in [0.29, 0.717) is 23.3 Å². The standard InChI is InChI=1S/C15H23N3O2S/c1-11(2)9-18-14(16)17-10-15(18,3)12-5-7-13(8-6-12)21(4,19)20/h5-8,11H,9-10H2,1-4H3,(H2,16,17). The van der Waals surface area contributed by atoms with Gasteiger partial charge in [-0.3, -0.25) is 4.99 Å². The molecule has 2 N–H and O–H groups in total. The van der Waals surface area contributed by atoms with Crippen LogP contribution < -0.4 is 5.73 Å². The Morgan fingerprint density at radius 3 is 2.38 bits per heavy atom. The number of nitrogens with zero attached hydrogens (tertiary/aromatic N) is 2. The van der Waals surface area contributed by atoms with E-state index < -0.39 is 9.84 Å². The fraction of sp³-hybridized carbons (Fsp3) is 0.533. The Hall–Kier alpha value is -1.56. The van der Waals surface area contributed by atoms with Gasteiger partial charge < -0.3 is 10.6 Å². The molecule has 0 saturated heterocycles. The Bertz CT molecular complexity index is 650. The molecule has 1 aliphatic rings. The molecule has 1 aliphatic heterocycles. The number of nitrogens with two attached hydrogens (primary N) is 1. The lowest BCUT2D eigenvalue weighted by atomic mass is 9.90. The van der Waals surface area contributed by atoms with E-state index in [4.69, 9.17) is 5.73 Å². The predicted molar refractivity (Wildman–Crippen MR) is 84.9 cm³/mol. The van der Waals surface area contributed by atoms with Gasteiger partial charge in [-0.15, -0.1) is 0 Å². The van der Waals surface area contributed by atoms with Crippen molar-refractivity contribution in [2.75, 3.05) is 19.3 Å². The van der Waals surface area contributed by atoms with Crippen molar-refractivity contribution < 1.29 is 8.42 Å². The molecule has 21 heavy (non-hydrogen) atoms. The van der Waals surface area contributed by atoms with Gasteiger partial charge in [-0.25, -0.2) is 8.42 Å². The number of guanidine groups is 1. The van der Waals surface area contributed by atoms with E-state index >= 15 is 0 Å². The topological polar surface area (TPSA) is 75.8 Å². The summed E-state index contributed by atoms with van der Waals surface area (Å²) in [5.41, 5.74) is 6.73. The highest BCUT2D eigenvalue weighted by atomic mass is 32.2. The van der Waals surface area contributed by atoms with Crippen LogP contribution in [0, 0.1) is 5.92 Å². The van der Waals surface area contributed by atoms with Gasteiger partial charge in [0.25, 0.3) is 0 Å². The second-order valence-electron chi connectivity index (χ2n) is 6.25. The van der Waals surface area contributed by atoms with Crippen LogP contribution in [0.3, 0.4) is 0 Å². The molecule has 0 radical (unpaired) electrons. The minimum atomic E-state index is -3.17. The number of rotatable bonds is 4. The van der Waals surface area contributed by atoms with Crippen LogP contribution in [0.25, 0.3) is 0 Å². The van der Waals surface area contributed by atoms with Crippen LogP contribution in [-0.4, -0.2) is 38.6 Å². The number of benzene rings is 1. The van der Waals surface area contributed by atoms with E-state index in [0.717, 1.165) is 12.1 Å². The molecule has 0 amide bonds. The van der Waals surface area contributed by atoms with Gasteiger partial charge in [-0.2, -0.15) is 0 Å². The molecule has 2 rings (SSSR count). The summed E-state index contributed by atoms with van der Waals surface area (Å²) in [4.78, 5) is 6.81. The molecule has 116 valence electrons. The van der Waals surface area contributed by atoms with Crippen molar-refractivity contribution in [2.45, 2.75) is 31.2 Å². The van der Waals surface area contributed by atoms with E-state index in [9.17, 15) is 8.42 Å². The normalized spacial score (nSPS) is 22.7. The van der Waals surface area contributed by atoms with E-state index in [1.54, 1.807) is 12.1 Å². The van der Waals surface area contributed by atoms with Crippen molar-refractivity contribution in [3.8, 4) is 0 Å². The maximum atomic E-state index is 11.6. The predicted octanol–water partition coefficient (Wildman–Crippen LogP) is 1.59. The third kappa shape index (κ3) is 3.05. The average Bonchev–Trinajstić information content (AvgIpc) is 2.67. The van der Waals surface area contributed by atoms with Crippen molar-refractivity contribution in [1.29, 1.82) is 0 Å². The lowest BCUT2D eigenvalue weighted by Crippen LogP contribution is -2.49. The van der Waals surface area contributed by atoms with E-state index in [1.807, 2.05) is 12.1 Å². The molecule has 5 nitrogen and oxygen atoms in total.